The number of rotatable bonds is 4. The first-order valence-electron chi connectivity index (χ1n) is 6.14. The number of carbonyl (C=O) groups is 2. The first-order chi connectivity index (χ1) is 7.99. The van der Waals surface area contributed by atoms with Crippen LogP contribution in [0.3, 0.4) is 0 Å². The largest absolute Gasteiger partial charge is 0.481 e. The van der Waals surface area contributed by atoms with Gasteiger partial charge in [-0.2, -0.15) is 0 Å². The van der Waals surface area contributed by atoms with Crippen molar-refractivity contribution in [1.29, 1.82) is 0 Å². The van der Waals surface area contributed by atoms with Crippen LogP contribution in [0, 0.1) is 5.41 Å². The van der Waals surface area contributed by atoms with E-state index in [-0.39, 0.29) is 6.09 Å². The van der Waals surface area contributed by atoms with Gasteiger partial charge in [0.15, 0.2) is 0 Å². The minimum Gasteiger partial charge on any atom is -0.481 e. The quantitative estimate of drug-likeness (QED) is 0.768. The fourth-order valence-electron chi connectivity index (χ4n) is 1.79. The highest BCUT2D eigenvalue weighted by atomic mass is 16.6. The molecule has 1 aliphatic rings. The molecule has 1 aliphatic heterocycles. The minimum atomic E-state index is -0.781. The number of aliphatic carboxylic acids is 1. The van der Waals surface area contributed by atoms with E-state index in [9.17, 15) is 9.59 Å². The maximum Gasteiger partial charge on any atom is 0.409 e. The molecule has 1 amide bonds. The second kappa shape index (κ2) is 5.89. The zero-order valence-corrected chi connectivity index (χ0v) is 10.6. The molecule has 1 N–H and O–H groups in total. The zero-order valence-electron chi connectivity index (χ0n) is 10.6. The Bertz CT molecular complexity index is 282. The SMILES string of the molecule is CCCCOC(=O)N1CCC(C)(C(=O)O)CC1. The third kappa shape index (κ3) is 3.61. The van der Waals surface area contributed by atoms with Crippen molar-refractivity contribution in [2.75, 3.05) is 19.7 Å². The lowest BCUT2D eigenvalue weighted by Crippen LogP contribution is -2.45. The number of carboxylic acids is 1. The van der Waals surface area contributed by atoms with Crippen LogP contribution < -0.4 is 0 Å². The number of unbranched alkanes of at least 4 members (excludes halogenated alkanes) is 1. The van der Waals surface area contributed by atoms with Gasteiger partial charge in [0.25, 0.3) is 0 Å². The highest BCUT2D eigenvalue weighted by Crippen LogP contribution is 2.31. The number of piperidine rings is 1. The molecule has 1 heterocycles. The highest BCUT2D eigenvalue weighted by molar-refractivity contribution is 5.75. The van der Waals surface area contributed by atoms with Gasteiger partial charge in [-0.3, -0.25) is 4.79 Å². The van der Waals surface area contributed by atoms with Crippen LogP contribution in [0.4, 0.5) is 4.79 Å². The van der Waals surface area contributed by atoms with E-state index in [1.165, 1.54) is 0 Å². The molecule has 0 aromatic rings. The predicted octanol–water partition coefficient (Wildman–Crippen LogP) is 2.11. The fourth-order valence-corrected chi connectivity index (χ4v) is 1.79. The van der Waals surface area contributed by atoms with E-state index in [1.54, 1.807) is 11.8 Å². The van der Waals surface area contributed by atoms with Crippen molar-refractivity contribution < 1.29 is 19.4 Å². The molecule has 5 heteroatoms. The van der Waals surface area contributed by atoms with Crippen LogP contribution in [0.1, 0.15) is 39.5 Å². The molecule has 0 saturated carbocycles. The van der Waals surface area contributed by atoms with Gasteiger partial charge in [-0.15, -0.1) is 0 Å². The number of carboxylic acid groups (broad SMARTS) is 1. The number of nitrogens with zero attached hydrogens (tertiary/aromatic N) is 1. The van der Waals surface area contributed by atoms with Gasteiger partial charge in [-0.1, -0.05) is 13.3 Å². The lowest BCUT2D eigenvalue weighted by atomic mass is 9.81. The summed E-state index contributed by atoms with van der Waals surface area (Å²) < 4.78 is 5.09. The maximum atomic E-state index is 11.6. The van der Waals surface area contributed by atoms with Crippen LogP contribution in [0.25, 0.3) is 0 Å². The van der Waals surface area contributed by atoms with E-state index in [0.717, 1.165) is 12.8 Å². The van der Waals surface area contributed by atoms with E-state index >= 15 is 0 Å². The second-order valence-electron chi connectivity index (χ2n) is 4.82. The van der Waals surface area contributed by atoms with Crippen molar-refractivity contribution in [2.45, 2.75) is 39.5 Å². The standard InChI is InChI=1S/C12H21NO4/c1-3-4-9-17-11(16)13-7-5-12(2,6-8-13)10(14)15/h3-9H2,1-2H3,(H,14,15). The summed E-state index contributed by atoms with van der Waals surface area (Å²) in [5.74, 6) is -0.781. The third-order valence-electron chi connectivity index (χ3n) is 3.36. The smallest absolute Gasteiger partial charge is 0.409 e. The Morgan fingerprint density at radius 3 is 2.41 bits per heavy atom. The first-order valence-corrected chi connectivity index (χ1v) is 6.14. The van der Waals surface area contributed by atoms with Gasteiger partial charge in [-0.05, 0) is 26.2 Å². The number of carbonyl (C=O) groups excluding carboxylic acids is 1. The molecule has 0 radical (unpaired) electrons. The average Bonchev–Trinajstić information content (AvgIpc) is 2.30. The number of hydrogen-bond donors (Lipinski definition) is 1. The van der Waals surface area contributed by atoms with Crippen LogP contribution in [-0.4, -0.2) is 41.8 Å². The summed E-state index contributed by atoms with van der Waals surface area (Å²) in [5.41, 5.74) is -0.694. The van der Waals surface area contributed by atoms with Gasteiger partial charge in [0, 0.05) is 13.1 Å². The fraction of sp³-hybridized carbons (Fsp3) is 0.833. The van der Waals surface area contributed by atoms with Crippen molar-refractivity contribution in [3.8, 4) is 0 Å². The third-order valence-corrected chi connectivity index (χ3v) is 3.36. The molecule has 98 valence electrons. The van der Waals surface area contributed by atoms with Gasteiger partial charge < -0.3 is 14.7 Å². The maximum absolute atomic E-state index is 11.6. The summed E-state index contributed by atoms with van der Waals surface area (Å²) in [4.78, 5) is 24.2. The van der Waals surface area contributed by atoms with Crippen molar-refractivity contribution >= 4 is 12.1 Å². The van der Waals surface area contributed by atoms with Crippen LogP contribution in [-0.2, 0) is 9.53 Å². The molecule has 1 saturated heterocycles. The van der Waals surface area contributed by atoms with E-state index in [4.69, 9.17) is 9.84 Å². The molecule has 0 spiro atoms. The predicted molar refractivity (Wildman–Crippen MR) is 62.8 cm³/mol. The Morgan fingerprint density at radius 1 is 1.35 bits per heavy atom. The van der Waals surface area contributed by atoms with Gasteiger partial charge in [-0.25, -0.2) is 4.79 Å². The first kappa shape index (κ1) is 13.8. The molecular weight excluding hydrogens is 222 g/mol. The second-order valence-corrected chi connectivity index (χ2v) is 4.82. The molecule has 5 nitrogen and oxygen atoms in total. The van der Waals surface area contributed by atoms with Gasteiger partial charge in [0.2, 0.25) is 0 Å². The van der Waals surface area contributed by atoms with Crippen LogP contribution in [0.15, 0.2) is 0 Å². The van der Waals surface area contributed by atoms with Gasteiger partial charge in [0.05, 0.1) is 12.0 Å². The molecule has 0 aromatic heterocycles. The van der Waals surface area contributed by atoms with E-state index < -0.39 is 11.4 Å². The summed E-state index contributed by atoms with van der Waals surface area (Å²) in [6, 6.07) is 0. The normalized spacial score (nSPS) is 18.8. The van der Waals surface area contributed by atoms with Crippen molar-refractivity contribution in [3.05, 3.63) is 0 Å². The Balaban J connectivity index is 2.36. The lowest BCUT2D eigenvalue weighted by molar-refractivity contribution is -0.150. The van der Waals surface area contributed by atoms with Gasteiger partial charge in [0.1, 0.15) is 0 Å². The lowest BCUT2D eigenvalue weighted by Gasteiger charge is -2.35. The number of ether oxygens (including phenoxy) is 1. The number of amides is 1. The Kier molecular flexibility index (Phi) is 4.78. The molecule has 0 bridgehead atoms. The van der Waals surface area contributed by atoms with Crippen molar-refractivity contribution in [3.63, 3.8) is 0 Å². The Hall–Kier alpha value is -1.26. The summed E-state index contributed by atoms with van der Waals surface area (Å²) >= 11 is 0. The number of likely N-dealkylation sites (tertiary alicyclic amines) is 1. The molecule has 1 fully saturated rings. The Morgan fingerprint density at radius 2 is 1.94 bits per heavy atom. The molecule has 1 rings (SSSR count). The van der Waals surface area contributed by atoms with Crippen LogP contribution in [0.5, 0.6) is 0 Å². The van der Waals surface area contributed by atoms with Crippen molar-refractivity contribution in [1.82, 2.24) is 4.90 Å². The molecule has 17 heavy (non-hydrogen) atoms. The Labute approximate surface area is 102 Å². The van der Waals surface area contributed by atoms with Crippen LogP contribution >= 0.6 is 0 Å². The average molecular weight is 243 g/mol. The summed E-state index contributed by atoms with van der Waals surface area (Å²) in [5, 5.41) is 9.06. The molecule has 0 aliphatic carbocycles. The van der Waals surface area contributed by atoms with Crippen molar-refractivity contribution in [2.24, 2.45) is 5.41 Å². The molecule has 0 unspecified atom stereocenters. The minimum absolute atomic E-state index is 0.314. The van der Waals surface area contributed by atoms with E-state index in [0.29, 0.717) is 32.5 Å². The van der Waals surface area contributed by atoms with E-state index in [2.05, 4.69) is 0 Å². The van der Waals surface area contributed by atoms with E-state index in [1.807, 2.05) is 6.92 Å². The topological polar surface area (TPSA) is 66.8 Å². The molecule has 0 aromatic carbocycles. The summed E-state index contributed by atoms with van der Waals surface area (Å²) in [6.07, 6.45) is 2.53. The highest BCUT2D eigenvalue weighted by Gasteiger charge is 2.38. The summed E-state index contributed by atoms with van der Waals surface area (Å²) in [6.45, 7) is 5.14. The van der Waals surface area contributed by atoms with Crippen LogP contribution in [0.2, 0.25) is 0 Å². The monoisotopic (exact) mass is 243 g/mol. The zero-order chi connectivity index (χ0) is 12.9. The summed E-state index contributed by atoms with van der Waals surface area (Å²) in [7, 11) is 0. The molecule has 0 atom stereocenters. The van der Waals surface area contributed by atoms with Gasteiger partial charge >= 0.3 is 12.1 Å². The number of hydrogen-bond acceptors (Lipinski definition) is 3. The molecular formula is C12H21NO4.